The van der Waals surface area contributed by atoms with E-state index in [1.54, 1.807) is 6.07 Å². The summed E-state index contributed by atoms with van der Waals surface area (Å²) in [4.78, 5) is 22.9. The summed E-state index contributed by atoms with van der Waals surface area (Å²) < 4.78 is 0. The third-order valence-electron chi connectivity index (χ3n) is 2.67. The number of pyridine rings is 1. The molecule has 0 atom stereocenters. The maximum Gasteiger partial charge on any atom is 0.261 e. The molecule has 18 heavy (non-hydrogen) atoms. The Balaban J connectivity index is 2.54. The van der Waals surface area contributed by atoms with Crippen LogP contribution < -0.4 is 16.6 Å². The molecule has 0 amide bonds. The zero-order valence-corrected chi connectivity index (χ0v) is 10.6. The van der Waals surface area contributed by atoms with Gasteiger partial charge in [0, 0.05) is 12.2 Å². The van der Waals surface area contributed by atoms with Crippen molar-refractivity contribution in [3.63, 3.8) is 0 Å². The van der Waals surface area contributed by atoms with Crippen molar-refractivity contribution in [2.24, 2.45) is 0 Å². The molecule has 4 N–H and O–H groups in total. The molecule has 0 radical (unpaired) electrons. The standard InChI is InChI=1S/C12H17N5O/c1-3-4-5-14-10-9-8(16-12(13)17-10)6-7(2)15-11(9)18/h6H,3-5H2,1-2H3,(H,15,18)(H3,13,14,16,17). The molecule has 2 heterocycles. The van der Waals surface area contributed by atoms with Crippen LogP contribution in [0, 0.1) is 6.92 Å². The van der Waals surface area contributed by atoms with Gasteiger partial charge in [-0.25, -0.2) is 4.98 Å². The van der Waals surface area contributed by atoms with E-state index < -0.39 is 0 Å². The number of nitrogens with two attached hydrogens (primary N) is 1. The lowest BCUT2D eigenvalue weighted by atomic mass is 10.2. The SMILES string of the molecule is CCCCNc1nc(N)nc2cc(C)[nH]c(=O)c12. The number of unbranched alkanes of at least 4 members (excludes halogenated alkanes) is 1. The highest BCUT2D eigenvalue weighted by Gasteiger charge is 2.10. The van der Waals surface area contributed by atoms with E-state index in [4.69, 9.17) is 5.73 Å². The van der Waals surface area contributed by atoms with Gasteiger partial charge in [-0.2, -0.15) is 4.98 Å². The molecule has 0 saturated heterocycles. The monoisotopic (exact) mass is 247 g/mol. The number of anilines is 2. The Bertz CT molecular complexity index is 614. The molecule has 6 heteroatoms. The normalized spacial score (nSPS) is 10.8. The fourth-order valence-electron chi connectivity index (χ4n) is 1.82. The molecule has 0 spiro atoms. The van der Waals surface area contributed by atoms with Gasteiger partial charge in [-0.05, 0) is 19.4 Å². The number of rotatable bonds is 4. The minimum Gasteiger partial charge on any atom is -0.369 e. The number of H-pyrrole nitrogens is 1. The number of nitrogens with zero attached hydrogens (tertiary/aromatic N) is 2. The average Bonchev–Trinajstić information content (AvgIpc) is 2.27. The highest BCUT2D eigenvalue weighted by Crippen LogP contribution is 2.17. The molecule has 0 aliphatic rings. The molecular formula is C12H17N5O. The number of nitrogens with one attached hydrogen (secondary N) is 2. The third-order valence-corrected chi connectivity index (χ3v) is 2.67. The van der Waals surface area contributed by atoms with Gasteiger partial charge in [-0.3, -0.25) is 4.79 Å². The summed E-state index contributed by atoms with van der Waals surface area (Å²) in [7, 11) is 0. The number of fused-ring (bicyclic) bond motifs is 1. The predicted molar refractivity (Wildman–Crippen MR) is 72.7 cm³/mol. The molecule has 2 aromatic rings. The van der Waals surface area contributed by atoms with Crippen LogP contribution in [0.4, 0.5) is 11.8 Å². The molecule has 0 bridgehead atoms. The minimum atomic E-state index is -0.191. The van der Waals surface area contributed by atoms with Gasteiger partial charge in [0.05, 0.1) is 5.52 Å². The van der Waals surface area contributed by atoms with Gasteiger partial charge < -0.3 is 16.0 Å². The Labute approximate surface area is 105 Å². The zero-order valence-electron chi connectivity index (χ0n) is 10.6. The summed E-state index contributed by atoms with van der Waals surface area (Å²) in [6.07, 6.45) is 2.08. The van der Waals surface area contributed by atoms with Crippen LogP contribution in [0.25, 0.3) is 10.9 Å². The lowest BCUT2D eigenvalue weighted by molar-refractivity contribution is 0.831. The Morgan fingerprint density at radius 3 is 2.94 bits per heavy atom. The lowest BCUT2D eigenvalue weighted by Gasteiger charge is -2.08. The number of aromatic amines is 1. The average molecular weight is 247 g/mol. The van der Waals surface area contributed by atoms with E-state index in [-0.39, 0.29) is 11.5 Å². The predicted octanol–water partition coefficient (Wildman–Crippen LogP) is 1.42. The number of hydrogen-bond acceptors (Lipinski definition) is 5. The van der Waals surface area contributed by atoms with Gasteiger partial charge in [0.25, 0.3) is 5.56 Å². The largest absolute Gasteiger partial charge is 0.369 e. The Morgan fingerprint density at radius 1 is 1.44 bits per heavy atom. The molecule has 96 valence electrons. The number of hydrogen-bond donors (Lipinski definition) is 3. The van der Waals surface area contributed by atoms with Crippen LogP contribution in [0.2, 0.25) is 0 Å². The second-order valence-corrected chi connectivity index (χ2v) is 4.25. The topological polar surface area (TPSA) is 96.7 Å². The molecule has 0 aliphatic carbocycles. The second-order valence-electron chi connectivity index (χ2n) is 4.25. The fourth-order valence-corrected chi connectivity index (χ4v) is 1.82. The van der Waals surface area contributed by atoms with E-state index in [1.165, 1.54) is 0 Å². The summed E-state index contributed by atoms with van der Waals surface area (Å²) in [5.41, 5.74) is 6.79. The highest BCUT2D eigenvalue weighted by molar-refractivity contribution is 5.89. The van der Waals surface area contributed by atoms with Gasteiger partial charge in [0.15, 0.2) is 0 Å². The third kappa shape index (κ3) is 2.42. The van der Waals surface area contributed by atoms with Crippen molar-refractivity contribution in [1.29, 1.82) is 0 Å². The fraction of sp³-hybridized carbons (Fsp3) is 0.417. The molecular weight excluding hydrogens is 230 g/mol. The first kappa shape index (κ1) is 12.3. The van der Waals surface area contributed by atoms with Crippen LogP contribution in [-0.4, -0.2) is 21.5 Å². The Morgan fingerprint density at radius 2 is 2.22 bits per heavy atom. The van der Waals surface area contributed by atoms with Gasteiger partial charge >= 0.3 is 0 Å². The molecule has 0 unspecified atom stereocenters. The first-order valence-corrected chi connectivity index (χ1v) is 6.03. The molecule has 0 aromatic carbocycles. The quantitative estimate of drug-likeness (QED) is 0.710. The van der Waals surface area contributed by atoms with E-state index >= 15 is 0 Å². The van der Waals surface area contributed by atoms with Crippen LogP contribution in [0.5, 0.6) is 0 Å². The molecule has 6 nitrogen and oxygen atoms in total. The number of aromatic nitrogens is 3. The van der Waals surface area contributed by atoms with Crippen molar-refractivity contribution in [2.45, 2.75) is 26.7 Å². The smallest absolute Gasteiger partial charge is 0.261 e. The van der Waals surface area contributed by atoms with Crippen LogP contribution >= 0.6 is 0 Å². The van der Waals surface area contributed by atoms with Gasteiger partial charge in [-0.15, -0.1) is 0 Å². The van der Waals surface area contributed by atoms with Gasteiger partial charge in [-0.1, -0.05) is 13.3 Å². The van der Waals surface area contributed by atoms with Crippen LogP contribution in [0.15, 0.2) is 10.9 Å². The van der Waals surface area contributed by atoms with Crippen molar-refractivity contribution in [2.75, 3.05) is 17.6 Å². The molecule has 2 aromatic heterocycles. The van der Waals surface area contributed by atoms with E-state index in [1.807, 2.05) is 6.92 Å². The van der Waals surface area contributed by atoms with Crippen molar-refractivity contribution in [1.82, 2.24) is 15.0 Å². The van der Waals surface area contributed by atoms with Crippen LogP contribution in [0.3, 0.4) is 0 Å². The van der Waals surface area contributed by atoms with Crippen molar-refractivity contribution >= 4 is 22.7 Å². The van der Waals surface area contributed by atoms with Gasteiger partial charge in [0.1, 0.15) is 11.2 Å². The van der Waals surface area contributed by atoms with Crippen molar-refractivity contribution in [3.05, 3.63) is 22.1 Å². The Hall–Kier alpha value is -2.11. The van der Waals surface area contributed by atoms with Crippen LogP contribution in [0.1, 0.15) is 25.5 Å². The summed E-state index contributed by atoms with van der Waals surface area (Å²) in [5, 5.41) is 3.60. The molecule has 0 fully saturated rings. The van der Waals surface area contributed by atoms with E-state index in [2.05, 4.69) is 27.2 Å². The molecule has 0 saturated carbocycles. The van der Waals surface area contributed by atoms with E-state index in [0.29, 0.717) is 16.7 Å². The van der Waals surface area contributed by atoms with Crippen molar-refractivity contribution < 1.29 is 0 Å². The first-order valence-electron chi connectivity index (χ1n) is 6.03. The Kier molecular flexibility index (Phi) is 3.45. The highest BCUT2D eigenvalue weighted by atomic mass is 16.1. The van der Waals surface area contributed by atoms with E-state index in [9.17, 15) is 4.79 Å². The van der Waals surface area contributed by atoms with Crippen molar-refractivity contribution in [3.8, 4) is 0 Å². The first-order chi connectivity index (χ1) is 8.61. The number of aryl methyl sites for hydroxylation is 1. The summed E-state index contributed by atoms with van der Waals surface area (Å²) in [6, 6.07) is 1.79. The lowest BCUT2D eigenvalue weighted by Crippen LogP contribution is -2.14. The number of nitrogen functional groups attached to an aromatic ring is 1. The minimum absolute atomic E-state index is 0.173. The van der Waals surface area contributed by atoms with E-state index in [0.717, 1.165) is 25.1 Å². The zero-order chi connectivity index (χ0) is 13.1. The maximum absolute atomic E-state index is 11.9. The van der Waals surface area contributed by atoms with Crippen LogP contribution in [-0.2, 0) is 0 Å². The summed E-state index contributed by atoms with van der Waals surface area (Å²) in [5.74, 6) is 0.679. The summed E-state index contributed by atoms with van der Waals surface area (Å²) in [6.45, 7) is 4.67. The molecule has 2 rings (SSSR count). The van der Waals surface area contributed by atoms with Gasteiger partial charge in [0.2, 0.25) is 5.95 Å². The second kappa shape index (κ2) is 5.03. The maximum atomic E-state index is 11.9. The molecule has 0 aliphatic heterocycles. The summed E-state index contributed by atoms with van der Waals surface area (Å²) >= 11 is 0.